The molecule has 78 valence electrons. The van der Waals surface area contributed by atoms with Crippen molar-refractivity contribution in [2.24, 2.45) is 0 Å². The minimum atomic E-state index is -0.436. The quantitative estimate of drug-likeness (QED) is 0.588. The zero-order valence-corrected chi connectivity index (χ0v) is 8.87. The summed E-state index contributed by atoms with van der Waals surface area (Å²) in [7, 11) is 3.93. The van der Waals surface area contributed by atoms with Crippen LogP contribution in [0, 0.1) is 10.1 Å². The zero-order chi connectivity index (χ0) is 10.6. The van der Waals surface area contributed by atoms with Gasteiger partial charge in [0.05, 0.1) is 4.92 Å². The Balaban J connectivity index is 2.40. The van der Waals surface area contributed by atoms with Crippen molar-refractivity contribution in [3.8, 4) is 0 Å². The van der Waals surface area contributed by atoms with Gasteiger partial charge >= 0.3 is 5.00 Å². The molecular formula is C7H12N4O2S. The summed E-state index contributed by atoms with van der Waals surface area (Å²) in [6.45, 7) is 1.60. The summed E-state index contributed by atoms with van der Waals surface area (Å²) < 4.78 is 0. The molecular weight excluding hydrogens is 204 g/mol. The van der Waals surface area contributed by atoms with Crippen LogP contribution in [0.3, 0.4) is 0 Å². The summed E-state index contributed by atoms with van der Waals surface area (Å²) in [5.41, 5.74) is 0. The molecule has 14 heavy (non-hydrogen) atoms. The van der Waals surface area contributed by atoms with Crippen molar-refractivity contribution >= 4 is 21.5 Å². The first-order chi connectivity index (χ1) is 6.59. The Kier molecular flexibility index (Phi) is 3.78. The number of nitrogens with zero attached hydrogens (tertiary/aromatic N) is 3. The van der Waals surface area contributed by atoms with Crippen LogP contribution < -0.4 is 5.32 Å². The number of aromatic nitrogens is 1. The molecule has 0 aromatic carbocycles. The van der Waals surface area contributed by atoms with E-state index >= 15 is 0 Å². The van der Waals surface area contributed by atoms with Crippen molar-refractivity contribution in [2.75, 3.05) is 32.5 Å². The number of thiazole rings is 1. The van der Waals surface area contributed by atoms with Crippen LogP contribution in [0.1, 0.15) is 0 Å². The predicted octanol–water partition coefficient (Wildman–Crippen LogP) is 1.02. The van der Waals surface area contributed by atoms with Crippen LogP contribution in [-0.2, 0) is 0 Å². The Morgan fingerprint density at radius 1 is 1.71 bits per heavy atom. The molecule has 0 amide bonds. The standard InChI is InChI=1S/C7H12N4O2S/c1-10(2)4-3-8-7-9-5-6(14-7)11(12)13/h5H,3-4H2,1-2H3,(H,8,9). The predicted molar refractivity (Wildman–Crippen MR) is 55.8 cm³/mol. The fraction of sp³-hybridized carbons (Fsp3) is 0.571. The number of anilines is 1. The van der Waals surface area contributed by atoms with Crippen LogP contribution in [-0.4, -0.2) is 42.0 Å². The molecule has 0 saturated carbocycles. The Morgan fingerprint density at radius 2 is 2.43 bits per heavy atom. The number of hydrogen-bond acceptors (Lipinski definition) is 6. The monoisotopic (exact) mass is 216 g/mol. The highest BCUT2D eigenvalue weighted by atomic mass is 32.1. The molecule has 1 aromatic rings. The lowest BCUT2D eigenvalue weighted by molar-refractivity contribution is -0.380. The Bertz CT molecular complexity index is 312. The van der Waals surface area contributed by atoms with Gasteiger partial charge in [0.25, 0.3) is 0 Å². The fourth-order valence-electron chi connectivity index (χ4n) is 0.818. The molecule has 0 saturated heterocycles. The second kappa shape index (κ2) is 4.87. The van der Waals surface area contributed by atoms with Gasteiger partial charge in [-0.15, -0.1) is 0 Å². The molecule has 1 heterocycles. The molecule has 0 fully saturated rings. The maximum absolute atomic E-state index is 10.3. The maximum Gasteiger partial charge on any atom is 0.345 e. The van der Waals surface area contributed by atoms with E-state index in [4.69, 9.17) is 0 Å². The number of nitro groups is 1. The molecule has 0 atom stereocenters. The number of hydrogen-bond donors (Lipinski definition) is 1. The minimum Gasteiger partial charge on any atom is -0.360 e. The Labute approximate surface area is 85.7 Å². The van der Waals surface area contributed by atoms with Gasteiger partial charge in [-0.2, -0.15) is 0 Å². The Morgan fingerprint density at radius 3 is 2.93 bits per heavy atom. The van der Waals surface area contributed by atoms with Crippen molar-refractivity contribution < 1.29 is 4.92 Å². The molecule has 0 spiro atoms. The van der Waals surface area contributed by atoms with Crippen LogP contribution in [0.5, 0.6) is 0 Å². The number of nitrogens with one attached hydrogen (secondary N) is 1. The van der Waals surface area contributed by atoms with E-state index in [9.17, 15) is 10.1 Å². The smallest absolute Gasteiger partial charge is 0.345 e. The van der Waals surface area contributed by atoms with Crippen molar-refractivity contribution in [2.45, 2.75) is 0 Å². The SMILES string of the molecule is CN(C)CCNc1ncc([N+](=O)[O-])s1. The lowest BCUT2D eigenvalue weighted by atomic mass is 10.6. The lowest BCUT2D eigenvalue weighted by Crippen LogP contribution is -2.20. The second-order valence-electron chi connectivity index (χ2n) is 2.99. The van der Waals surface area contributed by atoms with E-state index in [1.165, 1.54) is 6.20 Å². The van der Waals surface area contributed by atoms with Gasteiger partial charge in [-0.05, 0) is 25.4 Å². The van der Waals surface area contributed by atoms with Crippen molar-refractivity contribution in [3.63, 3.8) is 0 Å². The summed E-state index contributed by atoms with van der Waals surface area (Å²) in [6, 6.07) is 0. The first-order valence-electron chi connectivity index (χ1n) is 4.08. The summed E-state index contributed by atoms with van der Waals surface area (Å²) >= 11 is 1.05. The van der Waals surface area contributed by atoms with Crippen LogP contribution in [0.4, 0.5) is 10.1 Å². The highest BCUT2D eigenvalue weighted by Crippen LogP contribution is 2.24. The average molecular weight is 216 g/mol. The maximum atomic E-state index is 10.3. The molecule has 0 unspecified atom stereocenters. The average Bonchev–Trinajstić information content (AvgIpc) is 2.52. The van der Waals surface area contributed by atoms with E-state index in [1.54, 1.807) is 0 Å². The van der Waals surface area contributed by atoms with Gasteiger partial charge < -0.3 is 10.2 Å². The normalized spacial score (nSPS) is 10.5. The number of likely N-dealkylation sites (N-methyl/N-ethyl adjacent to an activating group) is 1. The van der Waals surface area contributed by atoms with Gasteiger partial charge in [0.2, 0.25) is 0 Å². The van der Waals surface area contributed by atoms with E-state index in [1.807, 2.05) is 19.0 Å². The molecule has 1 N–H and O–H groups in total. The summed E-state index contributed by atoms with van der Waals surface area (Å²) in [5, 5.41) is 14.0. The largest absolute Gasteiger partial charge is 0.360 e. The molecule has 0 aliphatic heterocycles. The van der Waals surface area contributed by atoms with Gasteiger partial charge in [0, 0.05) is 13.1 Å². The molecule has 6 nitrogen and oxygen atoms in total. The van der Waals surface area contributed by atoms with E-state index < -0.39 is 4.92 Å². The van der Waals surface area contributed by atoms with Gasteiger partial charge in [-0.25, -0.2) is 4.98 Å². The van der Waals surface area contributed by atoms with Gasteiger partial charge in [0.1, 0.15) is 6.20 Å². The number of rotatable bonds is 5. The van der Waals surface area contributed by atoms with Gasteiger partial charge in [0.15, 0.2) is 5.13 Å². The summed E-state index contributed by atoms with van der Waals surface area (Å²) in [4.78, 5) is 15.8. The first kappa shape index (κ1) is 10.9. The van der Waals surface area contributed by atoms with Crippen LogP contribution >= 0.6 is 11.3 Å². The van der Waals surface area contributed by atoms with Gasteiger partial charge in [-0.3, -0.25) is 10.1 Å². The molecule has 7 heteroatoms. The minimum absolute atomic E-state index is 0.0670. The first-order valence-corrected chi connectivity index (χ1v) is 4.90. The molecule has 1 rings (SSSR count). The third kappa shape index (κ3) is 3.27. The molecule has 0 aliphatic rings. The van der Waals surface area contributed by atoms with Crippen LogP contribution in [0.15, 0.2) is 6.20 Å². The van der Waals surface area contributed by atoms with Crippen molar-refractivity contribution in [3.05, 3.63) is 16.3 Å². The second-order valence-corrected chi connectivity index (χ2v) is 4.00. The van der Waals surface area contributed by atoms with Crippen molar-refractivity contribution in [1.82, 2.24) is 9.88 Å². The van der Waals surface area contributed by atoms with E-state index in [2.05, 4.69) is 10.3 Å². The Hall–Kier alpha value is -1.21. The van der Waals surface area contributed by atoms with Crippen molar-refractivity contribution in [1.29, 1.82) is 0 Å². The lowest BCUT2D eigenvalue weighted by Gasteiger charge is -2.08. The van der Waals surface area contributed by atoms with E-state index in [0.29, 0.717) is 5.13 Å². The fourth-order valence-corrected chi connectivity index (χ4v) is 1.48. The van der Waals surface area contributed by atoms with E-state index in [-0.39, 0.29) is 5.00 Å². The molecule has 0 bridgehead atoms. The molecule has 1 aromatic heterocycles. The van der Waals surface area contributed by atoms with Crippen LogP contribution in [0.2, 0.25) is 0 Å². The highest BCUT2D eigenvalue weighted by Gasteiger charge is 2.10. The van der Waals surface area contributed by atoms with E-state index in [0.717, 1.165) is 24.4 Å². The van der Waals surface area contributed by atoms with Gasteiger partial charge in [-0.1, -0.05) is 0 Å². The molecule has 0 radical (unpaired) electrons. The molecule has 0 aliphatic carbocycles. The zero-order valence-electron chi connectivity index (χ0n) is 8.06. The topological polar surface area (TPSA) is 71.3 Å². The summed E-state index contributed by atoms with van der Waals surface area (Å²) in [5.74, 6) is 0. The third-order valence-electron chi connectivity index (χ3n) is 1.51. The highest BCUT2D eigenvalue weighted by molar-refractivity contribution is 7.18. The summed E-state index contributed by atoms with van der Waals surface area (Å²) in [6.07, 6.45) is 1.27. The third-order valence-corrected chi connectivity index (χ3v) is 2.42. The van der Waals surface area contributed by atoms with Crippen LogP contribution in [0.25, 0.3) is 0 Å².